The minimum atomic E-state index is -0.527. The summed E-state index contributed by atoms with van der Waals surface area (Å²) in [5.74, 6) is -0.209. The van der Waals surface area contributed by atoms with E-state index in [9.17, 15) is 9.59 Å². The summed E-state index contributed by atoms with van der Waals surface area (Å²) in [5.41, 5.74) is 9.19. The molecule has 3 N–H and O–H groups in total. The van der Waals surface area contributed by atoms with Gasteiger partial charge in [-0.3, -0.25) is 9.59 Å². The van der Waals surface area contributed by atoms with Crippen LogP contribution in [-0.2, 0) is 4.79 Å². The summed E-state index contributed by atoms with van der Waals surface area (Å²) < 4.78 is 5.20. The van der Waals surface area contributed by atoms with Crippen LogP contribution in [0.5, 0.6) is 5.75 Å². The molecule has 23 heavy (non-hydrogen) atoms. The van der Waals surface area contributed by atoms with E-state index in [1.165, 1.54) is 11.3 Å². The van der Waals surface area contributed by atoms with E-state index in [2.05, 4.69) is 10.5 Å². The SMILES string of the molecule is CC/C(=N/NC(=O)c1cccs1)c1ccc(OCC(N)=O)cc1. The van der Waals surface area contributed by atoms with Crippen LogP contribution in [0, 0.1) is 0 Å². The number of rotatable bonds is 7. The lowest BCUT2D eigenvalue weighted by molar-refractivity contribution is -0.119. The van der Waals surface area contributed by atoms with E-state index in [-0.39, 0.29) is 12.5 Å². The molecule has 1 aromatic carbocycles. The molecule has 0 aliphatic rings. The third-order valence-corrected chi connectivity index (χ3v) is 3.81. The summed E-state index contributed by atoms with van der Waals surface area (Å²) in [4.78, 5) is 23.2. The lowest BCUT2D eigenvalue weighted by atomic mass is 10.1. The van der Waals surface area contributed by atoms with Crippen LogP contribution in [0.3, 0.4) is 0 Å². The average molecular weight is 331 g/mol. The summed E-state index contributed by atoms with van der Waals surface area (Å²) >= 11 is 1.36. The molecule has 6 nitrogen and oxygen atoms in total. The predicted molar refractivity (Wildman–Crippen MR) is 89.7 cm³/mol. The molecule has 0 spiro atoms. The molecule has 2 rings (SSSR count). The molecule has 0 fully saturated rings. The van der Waals surface area contributed by atoms with Gasteiger partial charge in [-0.05, 0) is 47.7 Å². The number of nitrogens with two attached hydrogens (primary N) is 1. The fraction of sp³-hybridized carbons (Fsp3) is 0.188. The van der Waals surface area contributed by atoms with Gasteiger partial charge >= 0.3 is 0 Å². The molecule has 0 atom stereocenters. The van der Waals surface area contributed by atoms with Gasteiger partial charge in [-0.25, -0.2) is 5.43 Å². The number of amides is 2. The van der Waals surface area contributed by atoms with Crippen molar-refractivity contribution in [2.45, 2.75) is 13.3 Å². The van der Waals surface area contributed by atoms with Gasteiger partial charge in [0.05, 0.1) is 10.6 Å². The maximum atomic E-state index is 11.9. The molecule has 2 aromatic rings. The Balaban J connectivity index is 2.03. The van der Waals surface area contributed by atoms with Gasteiger partial charge in [-0.15, -0.1) is 11.3 Å². The van der Waals surface area contributed by atoms with Gasteiger partial charge in [0.2, 0.25) is 0 Å². The van der Waals surface area contributed by atoms with Crippen molar-refractivity contribution in [3.05, 3.63) is 52.2 Å². The molecule has 0 saturated heterocycles. The molecular formula is C16H17N3O3S. The Kier molecular flexibility index (Phi) is 5.87. The molecule has 1 aromatic heterocycles. The lowest BCUT2D eigenvalue weighted by Crippen LogP contribution is -2.20. The van der Waals surface area contributed by atoms with Crippen LogP contribution >= 0.6 is 11.3 Å². The first kappa shape index (κ1) is 16.7. The number of nitrogens with zero attached hydrogens (tertiary/aromatic N) is 1. The Morgan fingerprint density at radius 2 is 2.00 bits per heavy atom. The molecule has 0 bridgehead atoms. The molecule has 0 aliphatic heterocycles. The monoisotopic (exact) mass is 331 g/mol. The standard InChI is InChI=1S/C16H17N3O3S/c1-2-13(18-19-16(21)14-4-3-9-23-14)11-5-7-12(8-6-11)22-10-15(17)20/h3-9H,2,10H2,1H3,(H2,17,20)(H,19,21)/b18-13-. The molecular weight excluding hydrogens is 314 g/mol. The van der Waals surface area contributed by atoms with Crippen LogP contribution < -0.4 is 15.9 Å². The number of hydrazone groups is 1. The predicted octanol–water partition coefficient (Wildman–Crippen LogP) is 2.16. The topological polar surface area (TPSA) is 93.8 Å². The number of carbonyl (C=O) groups is 2. The molecule has 0 saturated carbocycles. The van der Waals surface area contributed by atoms with Gasteiger partial charge in [-0.2, -0.15) is 5.10 Å². The third kappa shape index (κ3) is 4.93. The fourth-order valence-electron chi connectivity index (χ4n) is 1.83. The Labute approximate surface area is 138 Å². The Morgan fingerprint density at radius 1 is 1.26 bits per heavy atom. The highest BCUT2D eigenvalue weighted by atomic mass is 32.1. The smallest absolute Gasteiger partial charge is 0.281 e. The van der Waals surface area contributed by atoms with Gasteiger partial charge in [0, 0.05) is 0 Å². The Hall–Kier alpha value is -2.67. The van der Waals surface area contributed by atoms with Crippen molar-refractivity contribution in [3.63, 3.8) is 0 Å². The summed E-state index contributed by atoms with van der Waals surface area (Å²) in [6, 6.07) is 10.6. The van der Waals surface area contributed by atoms with Gasteiger partial charge in [-0.1, -0.05) is 13.0 Å². The van der Waals surface area contributed by atoms with Crippen molar-refractivity contribution in [2.75, 3.05) is 6.61 Å². The molecule has 0 radical (unpaired) electrons. The Bertz CT molecular complexity index is 694. The average Bonchev–Trinajstić information content (AvgIpc) is 3.09. The number of benzene rings is 1. The van der Waals surface area contributed by atoms with E-state index in [0.717, 1.165) is 11.3 Å². The molecule has 2 amide bonds. The van der Waals surface area contributed by atoms with Crippen LogP contribution in [0.1, 0.15) is 28.6 Å². The molecule has 0 aliphatic carbocycles. The van der Waals surface area contributed by atoms with Crippen LogP contribution in [0.25, 0.3) is 0 Å². The lowest BCUT2D eigenvalue weighted by Gasteiger charge is -2.07. The second kappa shape index (κ2) is 8.09. The zero-order chi connectivity index (χ0) is 16.7. The van der Waals surface area contributed by atoms with Crippen molar-refractivity contribution < 1.29 is 14.3 Å². The first-order valence-electron chi connectivity index (χ1n) is 7.02. The summed E-state index contributed by atoms with van der Waals surface area (Å²) in [6.07, 6.45) is 0.659. The number of thiophene rings is 1. The van der Waals surface area contributed by atoms with Crippen LogP contribution in [0.2, 0.25) is 0 Å². The number of nitrogens with one attached hydrogen (secondary N) is 1. The van der Waals surface area contributed by atoms with E-state index in [0.29, 0.717) is 17.0 Å². The van der Waals surface area contributed by atoms with Crippen molar-refractivity contribution in [1.82, 2.24) is 5.43 Å². The molecule has 0 unspecified atom stereocenters. The van der Waals surface area contributed by atoms with Crippen LogP contribution in [0.15, 0.2) is 46.9 Å². The second-order valence-corrected chi connectivity index (χ2v) is 5.56. The fourth-order valence-corrected chi connectivity index (χ4v) is 2.44. The van der Waals surface area contributed by atoms with E-state index in [1.807, 2.05) is 30.5 Å². The number of carbonyl (C=O) groups excluding carboxylic acids is 2. The summed E-state index contributed by atoms with van der Waals surface area (Å²) in [5, 5.41) is 6.02. The Morgan fingerprint density at radius 3 is 2.57 bits per heavy atom. The van der Waals surface area contributed by atoms with E-state index in [1.54, 1.807) is 18.2 Å². The highest BCUT2D eigenvalue weighted by Crippen LogP contribution is 2.14. The van der Waals surface area contributed by atoms with E-state index in [4.69, 9.17) is 10.5 Å². The highest BCUT2D eigenvalue weighted by molar-refractivity contribution is 7.12. The first-order chi connectivity index (χ1) is 11.1. The van der Waals surface area contributed by atoms with Crippen molar-refractivity contribution >= 4 is 28.9 Å². The second-order valence-electron chi connectivity index (χ2n) is 4.61. The minimum absolute atomic E-state index is 0.162. The van der Waals surface area contributed by atoms with Crippen molar-refractivity contribution in [3.8, 4) is 5.75 Å². The van der Waals surface area contributed by atoms with Crippen molar-refractivity contribution in [1.29, 1.82) is 0 Å². The summed E-state index contributed by atoms with van der Waals surface area (Å²) in [6.45, 7) is 1.79. The maximum Gasteiger partial charge on any atom is 0.281 e. The normalized spacial score (nSPS) is 11.1. The van der Waals surface area contributed by atoms with Crippen LogP contribution in [-0.4, -0.2) is 24.1 Å². The highest BCUT2D eigenvalue weighted by Gasteiger charge is 2.07. The zero-order valence-corrected chi connectivity index (χ0v) is 13.4. The maximum absolute atomic E-state index is 11.9. The van der Waals surface area contributed by atoms with Gasteiger partial charge < -0.3 is 10.5 Å². The van der Waals surface area contributed by atoms with Crippen LogP contribution in [0.4, 0.5) is 0 Å². The van der Waals surface area contributed by atoms with E-state index < -0.39 is 5.91 Å². The van der Waals surface area contributed by atoms with Gasteiger partial charge in [0.25, 0.3) is 11.8 Å². The molecule has 120 valence electrons. The van der Waals surface area contributed by atoms with E-state index >= 15 is 0 Å². The van der Waals surface area contributed by atoms with Gasteiger partial charge in [0.15, 0.2) is 6.61 Å². The third-order valence-electron chi connectivity index (χ3n) is 2.94. The van der Waals surface area contributed by atoms with Gasteiger partial charge in [0.1, 0.15) is 5.75 Å². The zero-order valence-electron chi connectivity index (χ0n) is 12.6. The number of hydrogen-bond acceptors (Lipinski definition) is 5. The number of hydrogen-bond donors (Lipinski definition) is 2. The quantitative estimate of drug-likeness (QED) is 0.601. The largest absolute Gasteiger partial charge is 0.484 e. The minimum Gasteiger partial charge on any atom is -0.484 e. The number of ether oxygens (including phenoxy) is 1. The number of primary amides is 1. The molecule has 7 heteroatoms. The summed E-state index contributed by atoms with van der Waals surface area (Å²) in [7, 11) is 0. The molecule has 1 heterocycles. The first-order valence-corrected chi connectivity index (χ1v) is 7.90. The van der Waals surface area contributed by atoms with Crippen molar-refractivity contribution in [2.24, 2.45) is 10.8 Å².